The molecule has 0 aliphatic carbocycles. The molecule has 3 nitrogen and oxygen atoms in total. The van der Waals surface area contributed by atoms with E-state index in [2.05, 4.69) is 4.98 Å². The van der Waals surface area contributed by atoms with Crippen molar-refractivity contribution in [2.45, 2.75) is 13.5 Å². The number of pyridine rings is 1. The zero-order chi connectivity index (χ0) is 9.14. The topological polar surface area (TPSA) is 50.2 Å². The summed E-state index contributed by atoms with van der Waals surface area (Å²) >= 11 is 5.67. The van der Waals surface area contributed by atoms with E-state index in [4.69, 9.17) is 16.7 Å². The Balaban J connectivity index is 3.15. The van der Waals surface area contributed by atoms with Crippen LogP contribution in [0.5, 0.6) is 0 Å². The molecule has 0 unspecified atom stereocenters. The molecule has 0 aliphatic rings. The highest BCUT2D eigenvalue weighted by Crippen LogP contribution is 2.12. The molecule has 1 N–H and O–H groups in total. The van der Waals surface area contributed by atoms with E-state index in [1.54, 1.807) is 0 Å². The number of hydrogen-bond donors (Lipinski definition) is 1. The molecule has 0 aromatic carbocycles. The number of carbonyl (C=O) groups excluding carboxylic acids is 1. The number of rotatable bonds is 2. The van der Waals surface area contributed by atoms with Gasteiger partial charge in [0, 0.05) is 11.9 Å². The number of hydrogen-bond acceptors (Lipinski definition) is 3. The van der Waals surface area contributed by atoms with Crippen molar-refractivity contribution in [3.05, 3.63) is 28.5 Å². The monoisotopic (exact) mass is 185 g/mol. The van der Waals surface area contributed by atoms with Crippen molar-refractivity contribution in [2.75, 3.05) is 0 Å². The van der Waals surface area contributed by atoms with Gasteiger partial charge in [-0.25, -0.2) is 4.98 Å². The van der Waals surface area contributed by atoms with Crippen LogP contribution in [0, 0.1) is 0 Å². The Bertz CT molecular complexity index is 312. The van der Waals surface area contributed by atoms with E-state index in [-0.39, 0.29) is 18.1 Å². The molecule has 1 aromatic rings. The van der Waals surface area contributed by atoms with Crippen LogP contribution in [0.25, 0.3) is 0 Å². The number of halogens is 1. The van der Waals surface area contributed by atoms with Gasteiger partial charge in [0.2, 0.25) is 0 Å². The van der Waals surface area contributed by atoms with E-state index < -0.39 is 0 Å². The van der Waals surface area contributed by atoms with Crippen LogP contribution in [-0.4, -0.2) is 15.9 Å². The van der Waals surface area contributed by atoms with Gasteiger partial charge in [0.1, 0.15) is 5.69 Å². The largest absolute Gasteiger partial charge is 0.390 e. The third kappa shape index (κ3) is 2.03. The summed E-state index contributed by atoms with van der Waals surface area (Å²) in [5.74, 6) is -0.160. The molecule has 64 valence electrons. The summed E-state index contributed by atoms with van der Waals surface area (Å²) in [5, 5.41) is 9.15. The van der Waals surface area contributed by atoms with E-state index in [1.807, 2.05) is 0 Å². The molecule has 0 saturated heterocycles. The van der Waals surface area contributed by atoms with Gasteiger partial charge in [-0.05, 0) is 12.1 Å². The lowest BCUT2D eigenvalue weighted by Gasteiger charge is -1.99. The van der Waals surface area contributed by atoms with Crippen LogP contribution in [0.2, 0.25) is 5.02 Å². The molecule has 0 fully saturated rings. The SMILES string of the molecule is CC(=O)c1cc(Cl)cc(CO)n1. The number of aliphatic hydroxyl groups is 1. The molecule has 0 atom stereocenters. The highest BCUT2D eigenvalue weighted by Gasteiger charge is 2.04. The second-order valence-corrected chi connectivity index (χ2v) is 2.81. The summed E-state index contributed by atoms with van der Waals surface area (Å²) in [5.41, 5.74) is 0.694. The summed E-state index contributed by atoms with van der Waals surface area (Å²) in [6.07, 6.45) is 0. The van der Waals surface area contributed by atoms with Gasteiger partial charge < -0.3 is 5.11 Å². The Morgan fingerprint density at radius 3 is 2.83 bits per heavy atom. The van der Waals surface area contributed by atoms with Crippen molar-refractivity contribution in [3.63, 3.8) is 0 Å². The minimum Gasteiger partial charge on any atom is -0.390 e. The van der Waals surface area contributed by atoms with Crippen LogP contribution in [0.1, 0.15) is 23.1 Å². The van der Waals surface area contributed by atoms with E-state index in [0.717, 1.165) is 0 Å². The lowest BCUT2D eigenvalue weighted by molar-refractivity contribution is 0.101. The predicted octanol–water partition coefficient (Wildman–Crippen LogP) is 1.43. The normalized spacial score (nSPS) is 9.92. The summed E-state index contributed by atoms with van der Waals surface area (Å²) in [7, 11) is 0. The summed E-state index contributed by atoms with van der Waals surface area (Å²) in [6.45, 7) is 1.20. The van der Waals surface area contributed by atoms with Gasteiger partial charge in [-0.2, -0.15) is 0 Å². The van der Waals surface area contributed by atoms with Gasteiger partial charge in [0.05, 0.1) is 12.3 Å². The average molecular weight is 186 g/mol. The molecule has 0 radical (unpaired) electrons. The molecule has 1 rings (SSSR count). The minimum absolute atomic E-state index is 0.160. The van der Waals surface area contributed by atoms with E-state index in [9.17, 15) is 4.79 Å². The molecule has 0 saturated carbocycles. The summed E-state index contributed by atoms with van der Waals surface area (Å²) < 4.78 is 0. The Morgan fingerprint density at radius 1 is 1.67 bits per heavy atom. The maximum atomic E-state index is 10.9. The van der Waals surface area contributed by atoms with Crippen LogP contribution in [0.15, 0.2) is 12.1 Å². The molecule has 0 bridgehead atoms. The molecular weight excluding hydrogens is 178 g/mol. The van der Waals surface area contributed by atoms with Crippen LogP contribution in [-0.2, 0) is 6.61 Å². The lowest BCUT2D eigenvalue weighted by Crippen LogP contribution is -2.00. The number of aromatic nitrogens is 1. The van der Waals surface area contributed by atoms with Crippen molar-refractivity contribution in [1.82, 2.24) is 4.98 Å². The molecule has 0 aliphatic heterocycles. The van der Waals surface area contributed by atoms with Crippen LogP contribution < -0.4 is 0 Å². The Labute approximate surface area is 75.0 Å². The van der Waals surface area contributed by atoms with Crippen molar-refractivity contribution in [2.24, 2.45) is 0 Å². The van der Waals surface area contributed by atoms with Gasteiger partial charge in [0.15, 0.2) is 5.78 Å². The Kier molecular flexibility index (Phi) is 2.78. The molecule has 1 heterocycles. The highest BCUT2D eigenvalue weighted by molar-refractivity contribution is 6.30. The first-order chi connectivity index (χ1) is 5.63. The standard InChI is InChI=1S/C8H8ClNO2/c1-5(12)8-3-6(9)2-7(4-11)10-8/h2-3,11H,4H2,1H3. The fourth-order valence-electron chi connectivity index (χ4n) is 0.812. The van der Waals surface area contributed by atoms with Crippen LogP contribution >= 0.6 is 11.6 Å². The van der Waals surface area contributed by atoms with Gasteiger partial charge in [0.25, 0.3) is 0 Å². The van der Waals surface area contributed by atoms with Crippen molar-refractivity contribution < 1.29 is 9.90 Å². The fourth-order valence-corrected chi connectivity index (χ4v) is 1.04. The first-order valence-electron chi connectivity index (χ1n) is 3.41. The van der Waals surface area contributed by atoms with Crippen molar-refractivity contribution in [3.8, 4) is 0 Å². The number of Topliss-reactive ketones (excluding diaryl/α,β-unsaturated/α-hetero) is 1. The van der Waals surface area contributed by atoms with Crippen LogP contribution in [0.4, 0.5) is 0 Å². The molecule has 0 spiro atoms. The molecule has 12 heavy (non-hydrogen) atoms. The zero-order valence-electron chi connectivity index (χ0n) is 6.54. The minimum atomic E-state index is -0.208. The molecular formula is C8H8ClNO2. The zero-order valence-corrected chi connectivity index (χ0v) is 7.30. The smallest absolute Gasteiger partial charge is 0.178 e. The first-order valence-corrected chi connectivity index (χ1v) is 3.79. The molecule has 0 amide bonds. The Hall–Kier alpha value is -0.930. The van der Waals surface area contributed by atoms with Gasteiger partial charge >= 0.3 is 0 Å². The van der Waals surface area contributed by atoms with Gasteiger partial charge in [-0.15, -0.1) is 0 Å². The molecule has 1 aromatic heterocycles. The average Bonchev–Trinajstić information content (AvgIpc) is 2.03. The third-order valence-corrected chi connectivity index (χ3v) is 1.58. The maximum Gasteiger partial charge on any atom is 0.178 e. The number of aliphatic hydroxyl groups excluding tert-OH is 1. The summed E-state index contributed by atoms with van der Waals surface area (Å²) in [6, 6.07) is 3.00. The van der Waals surface area contributed by atoms with Crippen LogP contribution in [0.3, 0.4) is 0 Å². The lowest BCUT2D eigenvalue weighted by atomic mass is 10.2. The van der Waals surface area contributed by atoms with Crippen molar-refractivity contribution >= 4 is 17.4 Å². The Morgan fingerprint density at radius 2 is 2.33 bits per heavy atom. The van der Waals surface area contributed by atoms with Gasteiger partial charge in [-0.1, -0.05) is 11.6 Å². The second-order valence-electron chi connectivity index (χ2n) is 2.38. The van der Waals surface area contributed by atoms with E-state index >= 15 is 0 Å². The highest BCUT2D eigenvalue weighted by atomic mass is 35.5. The predicted molar refractivity (Wildman–Crippen MR) is 45.2 cm³/mol. The quantitative estimate of drug-likeness (QED) is 0.710. The van der Waals surface area contributed by atoms with Crippen molar-refractivity contribution in [1.29, 1.82) is 0 Å². The maximum absolute atomic E-state index is 10.9. The van der Waals surface area contributed by atoms with Gasteiger partial charge in [-0.3, -0.25) is 4.79 Å². The fraction of sp³-hybridized carbons (Fsp3) is 0.250. The number of nitrogens with zero attached hydrogens (tertiary/aromatic N) is 1. The number of ketones is 1. The first kappa shape index (κ1) is 9.16. The second kappa shape index (κ2) is 3.65. The third-order valence-electron chi connectivity index (χ3n) is 1.37. The number of carbonyl (C=O) groups is 1. The van der Waals surface area contributed by atoms with E-state index in [1.165, 1.54) is 19.1 Å². The molecule has 4 heteroatoms. The summed E-state index contributed by atoms with van der Waals surface area (Å²) in [4.78, 5) is 14.7. The van der Waals surface area contributed by atoms with E-state index in [0.29, 0.717) is 10.7 Å².